The molecule has 4 heteroatoms. The van der Waals surface area contributed by atoms with Gasteiger partial charge in [0.25, 0.3) is 0 Å². The molecular weight excluding hydrogens is 226 g/mol. The zero-order chi connectivity index (χ0) is 13.4. The van der Waals surface area contributed by atoms with E-state index in [0.29, 0.717) is 12.0 Å². The molecule has 1 heterocycles. The van der Waals surface area contributed by atoms with Gasteiger partial charge in [-0.15, -0.1) is 0 Å². The van der Waals surface area contributed by atoms with Gasteiger partial charge in [-0.2, -0.15) is 0 Å². The number of anilines is 1. The van der Waals surface area contributed by atoms with Gasteiger partial charge in [-0.05, 0) is 19.3 Å². The van der Waals surface area contributed by atoms with Crippen molar-refractivity contribution in [3.8, 4) is 0 Å². The van der Waals surface area contributed by atoms with Crippen LogP contribution < -0.4 is 5.32 Å². The topological polar surface area (TPSA) is 39.1 Å². The normalized spacial score (nSPS) is 12.9. The number of nitrogens with zero attached hydrogens (tertiary/aromatic N) is 2. The maximum absolute atomic E-state index is 5.04. The first-order chi connectivity index (χ1) is 8.74. The lowest BCUT2D eigenvalue weighted by molar-refractivity contribution is 0.197. The minimum atomic E-state index is 0.493. The minimum Gasteiger partial charge on any atom is -0.385 e. The monoisotopic (exact) mass is 253 g/mol. The summed E-state index contributed by atoms with van der Waals surface area (Å²) in [6.07, 6.45) is 7.36. The summed E-state index contributed by atoms with van der Waals surface area (Å²) < 4.78 is 7.30. The molecule has 0 aliphatic carbocycles. The molecule has 0 saturated carbocycles. The summed E-state index contributed by atoms with van der Waals surface area (Å²) in [5, 5.41) is 3.38. The number of hydrogen-bond donors (Lipinski definition) is 1. The summed E-state index contributed by atoms with van der Waals surface area (Å²) in [4.78, 5) is 4.40. The molecule has 0 bridgehead atoms. The molecule has 0 amide bonds. The van der Waals surface area contributed by atoms with Crippen molar-refractivity contribution in [3.05, 3.63) is 12.4 Å². The Bertz CT molecular complexity index is 321. The Balaban J connectivity index is 2.58. The van der Waals surface area contributed by atoms with Gasteiger partial charge in [0, 0.05) is 38.7 Å². The average Bonchev–Trinajstić information content (AvgIpc) is 2.84. The molecule has 1 rings (SSSR count). The third-order valence-corrected chi connectivity index (χ3v) is 3.65. The molecule has 0 spiro atoms. The van der Waals surface area contributed by atoms with E-state index in [2.05, 4.69) is 41.8 Å². The fraction of sp³-hybridized carbons (Fsp3) is 0.786. The molecule has 104 valence electrons. The summed E-state index contributed by atoms with van der Waals surface area (Å²) in [5.74, 6) is 1.68. The Hall–Kier alpha value is -1.03. The van der Waals surface area contributed by atoms with E-state index in [9.17, 15) is 0 Å². The van der Waals surface area contributed by atoms with E-state index in [0.717, 1.165) is 25.5 Å². The lowest BCUT2D eigenvalue weighted by Crippen LogP contribution is -2.18. The molecule has 18 heavy (non-hydrogen) atoms. The molecule has 0 aromatic carbocycles. The second kappa shape index (κ2) is 8.14. The van der Waals surface area contributed by atoms with E-state index in [-0.39, 0.29) is 0 Å². The van der Waals surface area contributed by atoms with Gasteiger partial charge in [-0.25, -0.2) is 4.98 Å². The van der Waals surface area contributed by atoms with Crippen LogP contribution in [-0.4, -0.2) is 29.8 Å². The molecule has 1 aromatic rings. The molecule has 0 fully saturated rings. The van der Waals surface area contributed by atoms with Crippen molar-refractivity contribution >= 4 is 5.95 Å². The fourth-order valence-electron chi connectivity index (χ4n) is 2.39. The molecule has 1 N–H and O–H groups in total. The third-order valence-electron chi connectivity index (χ3n) is 3.65. The summed E-state index contributed by atoms with van der Waals surface area (Å²) in [7, 11) is 1.73. The lowest BCUT2D eigenvalue weighted by Gasteiger charge is -2.24. The van der Waals surface area contributed by atoms with Crippen LogP contribution in [0.5, 0.6) is 0 Å². The van der Waals surface area contributed by atoms with Gasteiger partial charge in [0.1, 0.15) is 0 Å². The highest BCUT2D eigenvalue weighted by Gasteiger charge is 2.17. The molecular formula is C14H27N3O. The fourth-order valence-corrected chi connectivity index (χ4v) is 2.39. The Labute approximate surface area is 111 Å². The number of aromatic nitrogens is 2. The molecule has 0 aliphatic rings. The predicted molar refractivity (Wildman–Crippen MR) is 76.0 cm³/mol. The van der Waals surface area contributed by atoms with Crippen molar-refractivity contribution in [1.29, 1.82) is 0 Å². The second-order valence-electron chi connectivity index (χ2n) is 4.75. The molecule has 1 atom stereocenters. The van der Waals surface area contributed by atoms with Gasteiger partial charge in [0.2, 0.25) is 5.95 Å². The highest BCUT2D eigenvalue weighted by Crippen LogP contribution is 2.26. The van der Waals surface area contributed by atoms with E-state index in [1.165, 1.54) is 12.8 Å². The van der Waals surface area contributed by atoms with E-state index < -0.39 is 0 Å². The molecule has 1 unspecified atom stereocenters. The zero-order valence-electron chi connectivity index (χ0n) is 12.1. The van der Waals surface area contributed by atoms with Gasteiger partial charge < -0.3 is 14.6 Å². The summed E-state index contributed by atoms with van der Waals surface area (Å²) in [6, 6.07) is 0.493. The van der Waals surface area contributed by atoms with Gasteiger partial charge in [-0.3, -0.25) is 0 Å². The van der Waals surface area contributed by atoms with Crippen LogP contribution in [0.4, 0.5) is 5.95 Å². The van der Waals surface area contributed by atoms with Gasteiger partial charge >= 0.3 is 0 Å². The predicted octanol–water partition coefficient (Wildman–Crippen LogP) is 3.33. The molecule has 0 aliphatic heterocycles. The zero-order valence-corrected chi connectivity index (χ0v) is 12.1. The Morgan fingerprint density at radius 1 is 1.39 bits per heavy atom. The number of rotatable bonds is 9. The van der Waals surface area contributed by atoms with Crippen molar-refractivity contribution < 1.29 is 4.74 Å². The smallest absolute Gasteiger partial charge is 0.203 e. The molecule has 4 nitrogen and oxygen atoms in total. The van der Waals surface area contributed by atoms with E-state index in [1.54, 1.807) is 7.11 Å². The van der Waals surface area contributed by atoms with Crippen LogP contribution in [0.25, 0.3) is 0 Å². The van der Waals surface area contributed by atoms with E-state index >= 15 is 0 Å². The first-order valence-electron chi connectivity index (χ1n) is 7.00. The average molecular weight is 253 g/mol. The van der Waals surface area contributed by atoms with Crippen LogP contribution >= 0.6 is 0 Å². The highest BCUT2D eigenvalue weighted by molar-refractivity contribution is 5.26. The number of nitrogens with one attached hydrogen (secondary N) is 1. The van der Waals surface area contributed by atoms with Crippen LogP contribution in [0.15, 0.2) is 12.4 Å². The maximum Gasteiger partial charge on any atom is 0.203 e. The van der Waals surface area contributed by atoms with Crippen molar-refractivity contribution in [3.63, 3.8) is 0 Å². The van der Waals surface area contributed by atoms with E-state index in [4.69, 9.17) is 4.74 Å². The Morgan fingerprint density at radius 2 is 2.11 bits per heavy atom. The van der Waals surface area contributed by atoms with Crippen molar-refractivity contribution in [2.75, 3.05) is 25.6 Å². The maximum atomic E-state index is 5.04. The van der Waals surface area contributed by atoms with Crippen LogP contribution in [0.3, 0.4) is 0 Å². The van der Waals surface area contributed by atoms with Crippen LogP contribution in [-0.2, 0) is 4.74 Å². The highest BCUT2D eigenvalue weighted by atomic mass is 16.5. The van der Waals surface area contributed by atoms with Crippen molar-refractivity contribution in [1.82, 2.24) is 9.55 Å². The Kier molecular flexibility index (Phi) is 6.80. The van der Waals surface area contributed by atoms with Crippen molar-refractivity contribution in [2.45, 2.75) is 46.1 Å². The number of ether oxygens (including phenoxy) is 1. The van der Waals surface area contributed by atoms with Crippen LogP contribution in [0.2, 0.25) is 0 Å². The first kappa shape index (κ1) is 15.0. The summed E-state index contributed by atoms with van der Waals surface area (Å²) in [5.41, 5.74) is 0. The van der Waals surface area contributed by atoms with E-state index in [1.807, 2.05) is 6.20 Å². The molecule has 0 radical (unpaired) electrons. The number of hydrogen-bond acceptors (Lipinski definition) is 3. The van der Waals surface area contributed by atoms with Crippen molar-refractivity contribution in [2.24, 2.45) is 5.92 Å². The standard InChI is InChI=1S/C14H27N3O/c1-5-13(6-2)12(3)17-10-9-16-14(17)15-8-7-11-18-4/h9-10,12-13H,5-8,11H2,1-4H3,(H,15,16). The molecule has 1 aromatic heterocycles. The summed E-state index contributed by atoms with van der Waals surface area (Å²) in [6.45, 7) is 8.48. The largest absolute Gasteiger partial charge is 0.385 e. The Morgan fingerprint density at radius 3 is 2.72 bits per heavy atom. The third kappa shape index (κ3) is 4.02. The SMILES string of the molecule is CCC(CC)C(C)n1ccnc1NCCCOC. The second-order valence-corrected chi connectivity index (χ2v) is 4.75. The first-order valence-corrected chi connectivity index (χ1v) is 7.00. The quantitative estimate of drug-likeness (QED) is 0.686. The lowest BCUT2D eigenvalue weighted by atomic mass is 9.95. The van der Waals surface area contributed by atoms with Crippen LogP contribution in [0.1, 0.15) is 46.1 Å². The number of methoxy groups -OCH3 is 1. The number of imidazole rings is 1. The van der Waals surface area contributed by atoms with Gasteiger partial charge in [0.05, 0.1) is 0 Å². The van der Waals surface area contributed by atoms with Gasteiger partial charge in [-0.1, -0.05) is 26.7 Å². The van der Waals surface area contributed by atoms with Crippen LogP contribution in [0, 0.1) is 5.92 Å². The summed E-state index contributed by atoms with van der Waals surface area (Å²) >= 11 is 0. The minimum absolute atomic E-state index is 0.493. The van der Waals surface area contributed by atoms with Gasteiger partial charge in [0.15, 0.2) is 0 Å². The molecule has 0 saturated heterocycles.